The lowest BCUT2D eigenvalue weighted by Gasteiger charge is -2.18. The van der Waals surface area contributed by atoms with Crippen molar-refractivity contribution in [2.45, 2.75) is 5.92 Å². The quantitative estimate of drug-likeness (QED) is 0.254. The van der Waals surface area contributed by atoms with E-state index in [4.69, 9.17) is 0 Å². The third-order valence-electron chi connectivity index (χ3n) is 4.14. The second kappa shape index (κ2) is 9.62. The zero-order valence-corrected chi connectivity index (χ0v) is 17.9. The zero-order valence-electron chi connectivity index (χ0n) is 14.7. The van der Waals surface area contributed by atoms with Crippen LogP contribution in [0.1, 0.15) is 22.6 Å². The van der Waals surface area contributed by atoms with Crippen molar-refractivity contribution in [3.63, 3.8) is 0 Å². The first-order valence-electron chi connectivity index (χ1n) is 8.54. The predicted octanol–water partition coefficient (Wildman–Crippen LogP) is 5.94. The Bertz CT molecular complexity index is 868. The van der Waals surface area contributed by atoms with Gasteiger partial charge in [-0.15, -0.1) is 0 Å². The summed E-state index contributed by atoms with van der Waals surface area (Å²) in [7, 11) is 0. The number of cyclic esters (lactones) is 2. The summed E-state index contributed by atoms with van der Waals surface area (Å²) in [4.78, 5) is 20.8. The Morgan fingerprint density at radius 2 is 0.821 bits per heavy atom. The van der Waals surface area contributed by atoms with Crippen LogP contribution in [0.2, 0.25) is 0 Å². The monoisotopic (exact) mass is 498 g/mol. The van der Waals surface area contributed by atoms with E-state index in [2.05, 4.69) is 128 Å². The summed E-state index contributed by atoms with van der Waals surface area (Å²) in [5.41, 5.74) is 4.00. The number of halogens is 2. The standard InChI is InChI=1S/C19H16.C4Br2O3/c1-4-10-16(11-5-1)19(17-12-6-2-7-13-17)18-14-8-3-9-15-18;5-1-2(6)4(8)9-3(1)7/h1-15,19H;. The fourth-order valence-electron chi connectivity index (χ4n) is 2.87. The molecular formula is C23H16Br2O3. The predicted molar refractivity (Wildman–Crippen MR) is 116 cm³/mol. The molecule has 140 valence electrons. The molecule has 0 amide bonds. The highest BCUT2D eigenvalue weighted by molar-refractivity contribution is 9.14. The molecular weight excluding hydrogens is 484 g/mol. The van der Waals surface area contributed by atoms with Crippen LogP contribution in [-0.2, 0) is 14.3 Å². The molecule has 0 bridgehead atoms. The van der Waals surface area contributed by atoms with Crippen molar-refractivity contribution in [3.05, 3.63) is 117 Å². The summed E-state index contributed by atoms with van der Waals surface area (Å²) >= 11 is 5.69. The van der Waals surface area contributed by atoms with Gasteiger partial charge in [-0.2, -0.15) is 0 Å². The van der Waals surface area contributed by atoms with Crippen molar-refractivity contribution in [2.24, 2.45) is 0 Å². The molecule has 0 spiro atoms. The van der Waals surface area contributed by atoms with E-state index >= 15 is 0 Å². The van der Waals surface area contributed by atoms with E-state index in [1.54, 1.807) is 0 Å². The van der Waals surface area contributed by atoms with Crippen LogP contribution in [-0.4, -0.2) is 11.9 Å². The average molecular weight is 500 g/mol. The largest absolute Gasteiger partial charge is 0.385 e. The van der Waals surface area contributed by atoms with E-state index in [9.17, 15) is 9.59 Å². The normalized spacial score (nSPS) is 13.2. The molecule has 0 aliphatic carbocycles. The first kappa shape index (κ1) is 20.2. The molecule has 3 aromatic rings. The van der Waals surface area contributed by atoms with Gasteiger partial charge >= 0.3 is 11.9 Å². The third-order valence-corrected chi connectivity index (χ3v) is 6.11. The Morgan fingerprint density at radius 1 is 0.536 bits per heavy atom. The smallest absolute Gasteiger partial charge is 0.354 e. The van der Waals surface area contributed by atoms with Gasteiger partial charge in [-0.1, -0.05) is 91.0 Å². The molecule has 3 nitrogen and oxygen atoms in total. The van der Waals surface area contributed by atoms with Crippen LogP contribution >= 0.6 is 31.9 Å². The summed E-state index contributed by atoms with van der Waals surface area (Å²) < 4.78 is 4.43. The molecule has 0 saturated heterocycles. The van der Waals surface area contributed by atoms with Gasteiger partial charge in [0.1, 0.15) is 8.96 Å². The SMILES string of the molecule is O=C1OC(=O)C(Br)=C1Br.c1ccc(C(c2ccccc2)c2ccccc2)cc1. The van der Waals surface area contributed by atoms with Crippen LogP contribution in [0.3, 0.4) is 0 Å². The highest BCUT2D eigenvalue weighted by atomic mass is 79.9. The number of esters is 2. The van der Waals surface area contributed by atoms with Crippen LogP contribution in [0.25, 0.3) is 0 Å². The van der Waals surface area contributed by atoms with Crippen LogP contribution in [0.15, 0.2) is 100.0 Å². The number of rotatable bonds is 3. The van der Waals surface area contributed by atoms with Gasteiger partial charge in [0.2, 0.25) is 0 Å². The van der Waals surface area contributed by atoms with Crippen LogP contribution < -0.4 is 0 Å². The number of benzene rings is 3. The summed E-state index contributed by atoms with van der Waals surface area (Å²) in [5, 5.41) is 0. The van der Waals surface area contributed by atoms with Gasteiger partial charge in [-0.3, -0.25) is 0 Å². The second-order valence-electron chi connectivity index (χ2n) is 5.97. The maximum atomic E-state index is 10.4. The molecule has 0 N–H and O–H groups in total. The molecule has 3 aromatic carbocycles. The minimum atomic E-state index is -0.646. The summed E-state index contributed by atoms with van der Waals surface area (Å²) in [5.74, 6) is -0.984. The topological polar surface area (TPSA) is 43.4 Å². The molecule has 4 rings (SSSR count). The minimum absolute atomic E-state index is 0.146. The molecule has 0 saturated carbocycles. The lowest BCUT2D eigenvalue weighted by molar-refractivity contribution is -0.150. The van der Waals surface area contributed by atoms with E-state index in [0.717, 1.165) is 0 Å². The van der Waals surface area contributed by atoms with Gasteiger partial charge in [0.15, 0.2) is 0 Å². The highest BCUT2D eigenvalue weighted by Crippen LogP contribution is 2.31. The minimum Gasteiger partial charge on any atom is -0.385 e. The lowest BCUT2D eigenvalue weighted by Crippen LogP contribution is -2.02. The molecule has 28 heavy (non-hydrogen) atoms. The van der Waals surface area contributed by atoms with Gasteiger partial charge in [0.25, 0.3) is 0 Å². The number of ether oxygens (including phenoxy) is 1. The fraction of sp³-hybridized carbons (Fsp3) is 0.0435. The Labute approximate surface area is 180 Å². The van der Waals surface area contributed by atoms with Crippen LogP contribution in [0.4, 0.5) is 0 Å². The van der Waals surface area contributed by atoms with Gasteiger partial charge in [-0.05, 0) is 48.6 Å². The first-order chi connectivity index (χ1) is 13.6. The summed E-state index contributed by atoms with van der Waals surface area (Å²) in [6, 6.07) is 32.0. The van der Waals surface area contributed by atoms with Crippen LogP contribution in [0, 0.1) is 0 Å². The number of hydrogen-bond donors (Lipinski definition) is 0. The number of carbonyl (C=O) groups excluding carboxylic acids is 2. The molecule has 1 aliphatic rings. The van der Waals surface area contributed by atoms with E-state index in [1.165, 1.54) is 16.7 Å². The van der Waals surface area contributed by atoms with E-state index in [-0.39, 0.29) is 8.96 Å². The molecule has 0 aromatic heterocycles. The van der Waals surface area contributed by atoms with Gasteiger partial charge < -0.3 is 4.74 Å². The van der Waals surface area contributed by atoms with E-state index < -0.39 is 11.9 Å². The average Bonchev–Trinajstić information content (AvgIpc) is 2.96. The highest BCUT2D eigenvalue weighted by Gasteiger charge is 2.29. The molecule has 0 radical (unpaired) electrons. The zero-order chi connectivity index (χ0) is 19.9. The molecule has 0 unspecified atom stereocenters. The number of hydrogen-bond acceptors (Lipinski definition) is 3. The third kappa shape index (κ3) is 4.86. The van der Waals surface area contributed by atoms with Crippen molar-refractivity contribution in [3.8, 4) is 0 Å². The molecule has 1 heterocycles. The molecule has 1 aliphatic heterocycles. The van der Waals surface area contributed by atoms with Crippen molar-refractivity contribution < 1.29 is 14.3 Å². The van der Waals surface area contributed by atoms with Crippen molar-refractivity contribution in [1.82, 2.24) is 0 Å². The Kier molecular flexibility index (Phi) is 6.95. The maximum Gasteiger partial charge on any atom is 0.354 e. The van der Waals surface area contributed by atoms with Crippen LogP contribution in [0.5, 0.6) is 0 Å². The Hall–Kier alpha value is -2.50. The fourth-order valence-corrected chi connectivity index (χ4v) is 3.35. The van der Waals surface area contributed by atoms with E-state index in [1.807, 2.05) is 0 Å². The second-order valence-corrected chi connectivity index (χ2v) is 7.56. The molecule has 5 heteroatoms. The van der Waals surface area contributed by atoms with Crippen molar-refractivity contribution in [2.75, 3.05) is 0 Å². The summed E-state index contributed by atoms with van der Waals surface area (Å²) in [6.07, 6.45) is 0. The van der Waals surface area contributed by atoms with Gasteiger partial charge in [-0.25, -0.2) is 9.59 Å². The van der Waals surface area contributed by atoms with Gasteiger partial charge in [0, 0.05) is 5.92 Å². The van der Waals surface area contributed by atoms with Crippen molar-refractivity contribution >= 4 is 43.8 Å². The number of carbonyl (C=O) groups is 2. The maximum absolute atomic E-state index is 10.4. The Morgan fingerprint density at radius 3 is 1.04 bits per heavy atom. The first-order valence-corrected chi connectivity index (χ1v) is 10.1. The van der Waals surface area contributed by atoms with E-state index in [0.29, 0.717) is 5.92 Å². The molecule has 0 fully saturated rings. The molecule has 0 atom stereocenters. The lowest BCUT2D eigenvalue weighted by atomic mass is 9.85. The van der Waals surface area contributed by atoms with Gasteiger partial charge in [0.05, 0.1) is 0 Å². The Balaban J connectivity index is 0.000000211. The summed E-state index contributed by atoms with van der Waals surface area (Å²) in [6.45, 7) is 0. The van der Waals surface area contributed by atoms with Crippen molar-refractivity contribution in [1.29, 1.82) is 0 Å².